The molecule has 3 N–H and O–H groups in total. The van der Waals surface area contributed by atoms with E-state index in [-0.39, 0.29) is 11.7 Å². The normalized spacial score (nSPS) is 11.8. The van der Waals surface area contributed by atoms with Gasteiger partial charge in [-0.25, -0.2) is 4.39 Å². The van der Waals surface area contributed by atoms with E-state index in [0.29, 0.717) is 40.7 Å². The summed E-state index contributed by atoms with van der Waals surface area (Å²) in [4.78, 5) is 16.9. The van der Waals surface area contributed by atoms with Crippen LogP contribution in [0.25, 0.3) is 10.9 Å². The summed E-state index contributed by atoms with van der Waals surface area (Å²) in [7, 11) is 0. The molecule has 3 aromatic rings. The lowest BCUT2D eigenvalue weighted by Gasteiger charge is -2.11. The molecule has 1 heterocycles. The van der Waals surface area contributed by atoms with Crippen molar-refractivity contribution in [1.82, 2.24) is 15.5 Å². The van der Waals surface area contributed by atoms with Crippen molar-refractivity contribution in [2.75, 3.05) is 11.9 Å². The maximum absolute atomic E-state index is 13.3. The molecule has 0 atom stereocenters. The second kappa shape index (κ2) is 7.77. The molecule has 0 aliphatic heterocycles. The third-order valence-electron chi connectivity index (χ3n) is 3.64. The summed E-state index contributed by atoms with van der Waals surface area (Å²) in [5.74, 6) is 0.469. The first-order chi connectivity index (χ1) is 12.5. The number of aromatic nitrogens is 2. The van der Waals surface area contributed by atoms with Crippen molar-refractivity contribution in [1.29, 1.82) is 0 Å². The Morgan fingerprint density at radius 3 is 2.73 bits per heavy atom. The summed E-state index contributed by atoms with van der Waals surface area (Å²) >= 11 is 0. The number of carbonyl (C=O) groups excluding carboxylic acids is 1. The second-order valence-electron chi connectivity index (χ2n) is 6.29. The van der Waals surface area contributed by atoms with Crippen LogP contribution in [0.4, 0.5) is 10.2 Å². The van der Waals surface area contributed by atoms with Crippen LogP contribution in [-0.4, -0.2) is 28.6 Å². The van der Waals surface area contributed by atoms with Crippen LogP contribution >= 0.6 is 0 Å². The van der Waals surface area contributed by atoms with E-state index >= 15 is 0 Å². The number of aliphatic imine (C=N–C) groups is 1. The Hall–Kier alpha value is -3.22. The molecule has 1 aromatic heterocycles. The van der Waals surface area contributed by atoms with Gasteiger partial charge in [-0.1, -0.05) is 32.0 Å². The third kappa shape index (κ3) is 4.24. The number of nitrogens with one attached hydrogen (secondary N) is 3. The Labute approximate surface area is 150 Å². The molecule has 0 spiro atoms. The largest absolute Gasteiger partial charge is 0.309 e. The highest BCUT2D eigenvalue weighted by molar-refractivity contribution is 6.11. The lowest BCUT2D eigenvalue weighted by molar-refractivity contribution is 0.0977. The third-order valence-corrected chi connectivity index (χ3v) is 3.64. The molecule has 0 saturated heterocycles. The predicted octanol–water partition coefficient (Wildman–Crippen LogP) is 3.56. The molecule has 3 rings (SSSR count). The molecule has 1 amide bonds. The minimum absolute atomic E-state index is 0.272. The molecule has 6 nitrogen and oxygen atoms in total. The maximum atomic E-state index is 13.3. The summed E-state index contributed by atoms with van der Waals surface area (Å²) in [6.45, 7) is 4.61. The molecule has 0 fully saturated rings. The SMILES string of the molecule is CC(C)CN=C(NC(=O)c1ccccc1)Nc1n[nH]c2cc(F)ccc12. The van der Waals surface area contributed by atoms with Gasteiger partial charge in [0.05, 0.1) is 5.52 Å². The van der Waals surface area contributed by atoms with Gasteiger partial charge in [-0.15, -0.1) is 0 Å². The number of amides is 1. The first kappa shape index (κ1) is 17.6. The fourth-order valence-corrected chi connectivity index (χ4v) is 2.35. The minimum Gasteiger partial charge on any atom is -0.309 e. The summed E-state index contributed by atoms with van der Waals surface area (Å²) in [6, 6.07) is 13.2. The summed E-state index contributed by atoms with van der Waals surface area (Å²) in [5.41, 5.74) is 1.09. The Morgan fingerprint density at radius 1 is 1.23 bits per heavy atom. The molecule has 134 valence electrons. The van der Waals surface area contributed by atoms with E-state index in [1.165, 1.54) is 12.1 Å². The van der Waals surface area contributed by atoms with Gasteiger partial charge in [-0.2, -0.15) is 5.10 Å². The molecule has 0 aliphatic rings. The summed E-state index contributed by atoms with van der Waals surface area (Å²) in [5, 5.41) is 13.4. The average Bonchev–Trinajstić information content (AvgIpc) is 3.02. The fraction of sp³-hybridized carbons (Fsp3) is 0.211. The lowest BCUT2D eigenvalue weighted by Crippen LogP contribution is -2.36. The molecule has 0 radical (unpaired) electrons. The lowest BCUT2D eigenvalue weighted by atomic mass is 10.2. The van der Waals surface area contributed by atoms with E-state index in [9.17, 15) is 9.18 Å². The highest BCUT2D eigenvalue weighted by Crippen LogP contribution is 2.20. The number of hydrogen-bond acceptors (Lipinski definition) is 3. The topological polar surface area (TPSA) is 82.2 Å². The van der Waals surface area contributed by atoms with Crippen molar-refractivity contribution < 1.29 is 9.18 Å². The van der Waals surface area contributed by atoms with E-state index in [0.717, 1.165) is 0 Å². The Bertz CT molecular complexity index is 934. The summed E-state index contributed by atoms with van der Waals surface area (Å²) in [6.07, 6.45) is 0. The summed E-state index contributed by atoms with van der Waals surface area (Å²) < 4.78 is 13.3. The zero-order chi connectivity index (χ0) is 18.5. The number of fused-ring (bicyclic) bond motifs is 1. The standard InChI is InChI=1S/C19H20FN5O/c1-12(2)11-21-19(23-18(26)13-6-4-3-5-7-13)22-17-15-9-8-14(20)10-16(15)24-25-17/h3-10,12H,11H2,1-2H3,(H3,21,22,23,24,25,26). The molecular formula is C19H20FN5O. The zero-order valence-electron chi connectivity index (χ0n) is 14.6. The number of H-pyrrole nitrogens is 1. The van der Waals surface area contributed by atoms with Crippen LogP contribution in [0, 0.1) is 11.7 Å². The van der Waals surface area contributed by atoms with Crippen molar-refractivity contribution in [3.63, 3.8) is 0 Å². The number of guanidine groups is 1. The zero-order valence-corrected chi connectivity index (χ0v) is 14.6. The van der Waals surface area contributed by atoms with Gasteiger partial charge >= 0.3 is 0 Å². The molecule has 0 bridgehead atoms. The number of rotatable bonds is 4. The minimum atomic E-state index is -0.348. The number of nitrogens with zero attached hydrogens (tertiary/aromatic N) is 2. The van der Waals surface area contributed by atoms with Crippen LogP contribution in [0.2, 0.25) is 0 Å². The van der Waals surface area contributed by atoms with Gasteiger partial charge in [-0.05, 0) is 36.2 Å². The number of benzene rings is 2. The van der Waals surface area contributed by atoms with Crippen molar-refractivity contribution in [3.05, 3.63) is 59.9 Å². The van der Waals surface area contributed by atoms with E-state index < -0.39 is 0 Å². The second-order valence-corrected chi connectivity index (χ2v) is 6.29. The quantitative estimate of drug-likeness (QED) is 0.495. The van der Waals surface area contributed by atoms with Crippen molar-refractivity contribution >= 4 is 28.6 Å². The van der Waals surface area contributed by atoms with Crippen LogP contribution in [0.3, 0.4) is 0 Å². The van der Waals surface area contributed by atoms with E-state index in [1.54, 1.807) is 30.3 Å². The number of halogens is 1. The van der Waals surface area contributed by atoms with Crippen molar-refractivity contribution in [2.45, 2.75) is 13.8 Å². The van der Waals surface area contributed by atoms with Crippen LogP contribution in [-0.2, 0) is 0 Å². The van der Waals surface area contributed by atoms with Gasteiger partial charge in [0.15, 0.2) is 5.82 Å². The highest BCUT2D eigenvalue weighted by Gasteiger charge is 2.12. The Balaban J connectivity index is 1.84. The Morgan fingerprint density at radius 2 is 2.00 bits per heavy atom. The molecule has 0 unspecified atom stereocenters. The average molecular weight is 353 g/mol. The van der Waals surface area contributed by atoms with Crippen LogP contribution < -0.4 is 10.6 Å². The van der Waals surface area contributed by atoms with Crippen LogP contribution in [0.5, 0.6) is 0 Å². The molecule has 0 saturated carbocycles. The molecular weight excluding hydrogens is 333 g/mol. The smallest absolute Gasteiger partial charge is 0.257 e. The van der Waals surface area contributed by atoms with E-state index in [4.69, 9.17) is 0 Å². The molecule has 2 aromatic carbocycles. The molecule has 26 heavy (non-hydrogen) atoms. The Kier molecular flexibility index (Phi) is 5.26. The maximum Gasteiger partial charge on any atom is 0.257 e. The van der Waals surface area contributed by atoms with E-state index in [2.05, 4.69) is 25.8 Å². The van der Waals surface area contributed by atoms with Crippen LogP contribution in [0.15, 0.2) is 53.5 Å². The van der Waals surface area contributed by atoms with Crippen LogP contribution in [0.1, 0.15) is 24.2 Å². The van der Waals surface area contributed by atoms with Gasteiger partial charge in [-0.3, -0.25) is 20.2 Å². The monoisotopic (exact) mass is 353 g/mol. The van der Waals surface area contributed by atoms with Gasteiger partial charge in [0.1, 0.15) is 5.82 Å². The number of anilines is 1. The number of aromatic amines is 1. The highest BCUT2D eigenvalue weighted by atomic mass is 19.1. The van der Waals surface area contributed by atoms with Gasteiger partial charge in [0, 0.05) is 17.5 Å². The van der Waals surface area contributed by atoms with Gasteiger partial charge in [0.2, 0.25) is 5.96 Å². The predicted molar refractivity (Wildman–Crippen MR) is 101 cm³/mol. The fourth-order valence-electron chi connectivity index (χ4n) is 2.35. The van der Waals surface area contributed by atoms with Gasteiger partial charge in [0.25, 0.3) is 5.91 Å². The van der Waals surface area contributed by atoms with Gasteiger partial charge < -0.3 is 5.32 Å². The first-order valence-corrected chi connectivity index (χ1v) is 8.34. The number of hydrogen-bond donors (Lipinski definition) is 3. The van der Waals surface area contributed by atoms with E-state index in [1.807, 2.05) is 19.9 Å². The first-order valence-electron chi connectivity index (χ1n) is 8.34. The molecule has 7 heteroatoms. The number of carbonyl (C=O) groups is 1. The molecule has 0 aliphatic carbocycles. The van der Waals surface area contributed by atoms with Crippen molar-refractivity contribution in [2.24, 2.45) is 10.9 Å². The van der Waals surface area contributed by atoms with Crippen molar-refractivity contribution in [3.8, 4) is 0 Å².